The summed E-state index contributed by atoms with van der Waals surface area (Å²) in [6, 6.07) is 0. The quantitative estimate of drug-likeness (QED) is 0.636. The first-order valence-electron chi connectivity index (χ1n) is 4.33. The lowest BCUT2D eigenvalue weighted by Crippen LogP contribution is -1.99. The lowest BCUT2D eigenvalue weighted by Gasteiger charge is -2.12. The van der Waals surface area contributed by atoms with Gasteiger partial charge in [-0.25, -0.2) is 0 Å². The lowest BCUT2D eigenvalue weighted by molar-refractivity contribution is -0.111. The van der Waals surface area contributed by atoms with Crippen molar-refractivity contribution >= 4 is 16.0 Å². The fraction of sp³-hybridized carbons (Fsp3) is 0.778. The molecule has 1 radical (unpaired) electrons. The molecule has 0 aliphatic rings. The van der Waals surface area contributed by atoms with E-state index in [1.165, 1.54) is 6.42 Å². The van der Waals surface area contributed by atoms with Crippen LogP contribution in [0.3, 0.4) is 0 Å². The van der Waals surface area contributed by atoms with E-state index in [1.807, 2.05) is 6.92 Å². The Balaban J connectivity index is 3.46. The van der Waals surface area contributed by atoms with Crippen LogP contribution in [0.5, 0.6) is 0 Å². The van der Waals surface area contributed by atoms with E-state index in [4.69, 9.17) is 0 Å². The third kappa shape index (κ3) is 5.31. The fourth-order valence-corrected chi connectivity index (χ4v) is 2.33. The third-order valence-corrected chi connectivity index (χ3v) is 3.38. The van der Waals surface area contributed by atoms with E-state index in [-0.39, 0.29) is 0 Å². The van der Waals surface area contributed by atoms with E-state index >= 15 is 0 Å². The zero-order valence-electron chi connectivity index (χ0n) is 7.60. The summed E-state index contributed by atoms with van der Waals surface area (Å²) in [5, 5.41) is 0.399. The van der Waals surface area contributed by atoms with Gasteiger partial charge in [-0.05, 0) is 24.9 Å². The van der Waals surface area contributed by atoms with Gasteiger partial charge in [0.25, 0.3) is 0 Å². The van der Waals surface area contributed by atoms with Crippen LogP contribution < -0.4 is 0 Å². The molecule has 0 N–H and O–H groups in total. The number of unbranched alkanes of at least 4 members (excludes halogenated alkanes) is 1. The van der Waals surface area contributed by atoms with Crippen molar-refractivity contribution in [3.05, 3.63) is 6.26 Å². The Hall–Kier alpha value is 0.0200. The lowest BCUT2D eigenvalue weighted by atomic mass is 10.4. The second kappa shape index (κ2) is 6.71. The Morgan fingerprint density at radius 1 is 1.36 bits per heavy atom. The number of thiol groups is 1. The summed E-state index contributed by atoms with van der Waals surface area (Å²) >= 11 is 0. The number of carbonyl (C=O) groups excluding carboxylic acids is 1. The molecule has 0 aliphatic heterocycles. The molecule has 0 aromatic heterocycles. The molecule has 0 amide bonds. The minimum absolute atomic E-state index is 0.399. The second-order valence-corrected chi connectivity index (χ2v) is 4.79. The molecular formula is C9H19OS. The van der Waals surface area contributed by atoms with Gasteiger partial charge in [0, 0.05) is 6.42 Å². The number of carbonyl (C=O) groups is 1. The molecule has 67 valence electrons. The fourth-order valence-electron chi connectivity index (χ4n) is 0.846. The van der Waals surface area contributed by atoms with Crippen LogP contribution in [0.15, 0.2) is 0 Å². The Morgan fingerprint density at radius 2 is 2.00 bits per heavy atom. The predicted molar refractivity (Wildman–Crippen MR) is 54.0 cm³/mol. The molecule has 0 aliphatic carbocycles. The first-order valence-corrected chi connectivity index (χ1v) is 6.04. The average Bonchev–Trinajstić information content (AvgIpc) is 2.00. The van der Waals surface area contributed by atoms with E-state index in [0.29, 0.717) is 5.12 Å². The molecule has 0 aromatic carbocycles. The standard InChI is InChI=1S/C9H19OS/c1-4-6-8-11(3)9(10)7-5-2/h11H,3-8H2,1-2H3. The Morgan fingerprint density at radius 3 is 2.45 bits per heavy atom. The van der Waals surface area contributed by atoms with Crippen molar-refractivity contribution in [3.8, 4) is 0 Å². The molecule has 1 nitrogen and oxygen atoms in total. The van der Waals surface area contributed by atoms with Gasteiger partial charge in [0.15, 0.2) is 5.12 Å². The summed E-state index contributed by atoms with van der Waals surface area (Å²) < 4.78 is 0. The van der Waals surface area contributed by atoms with Gasteiger partial charge in [-0.1, -0.05) is 20.3 Å². The number of rotatable bonds is 5. The highest BCUT2D eigenvalue weighted by molar-refractivity contribution is 8.30. The van der Waals surface area contributed by atoms with E-state index < -0.39 is 10.9 Å². The van der Waals surface area contributed by atoms with Crippen molar-refractivity contribution in [1.29, 1.82) is 0 Å². The molecule has 1 atom stereocenters. The van der Waals surface area contributed by atoms with E-state index in [2.05, 4.69) is 13.2 Å². The van der Waals surface area contributed by atoms with Crippen molar-refractivity contribution in [2.45, 2.75) is 39.5 Å². The first kappa shape index (κ1) is 11.0. The molecule has 0 saturated carbocycles. The van der Waals surface area contributed by atoms with E-state index in [1.54, 1.807) is 0 Å². The number of hydrogen-bond acceptors (Lipinski definition) is 1. The van der Waals surface area contributed by atoms with Crippen LogP contribution in [0.25, 0.3) is 0 Å². The molecule has 0 fully saturated rings. The monoisotopic (exact) mass is 175 g/mol. The Labute approximate surface area is 72.9 Å². The molecule has 0 rings (SSSR count). The zero-order chi connectivity index (χ0) is 8.69. The van der Waals surface area contributed by atoms with Crippen molar-refractivity contribution in [3.63, 3.8) is 0 Å². The second-order valence-electron chi connectivity index (χ2n) is 2.76. The minimum Gasteiger partial charge on any atom is -0.289 e. The maximum Gasteiger partial charge on any atom is 0.169 e. The molecule has 0 bridgehead atoms. The van der Waals surface area contributed by atoms with Gasteiger partial charge in [0.05, 0.1) is 0 Å². The highest BCUT2D eigenvalue weighted by Gasteiger charge is 2.05. The number of hydrogen-bond donors (Lipinski definition) is 1. The van der Waals surface area contributed by atoms with Gasteiger partial charge >= 0.3 is 0 Å². The van der Waals surface area contributed by atoms with Gasteiger partial charge in [-0.15, -0.1) is 0 Å². The van der Waals surface area contributed by atoms with Gasteiger partial charge in [0.2, 0.25) is 0 Å². The van der Waals surface area contributed by atoms with Crippen LogP contribution in [0.4, 0.5) is 0 Å². The SMILES string of the molecule is [CH2][SH](CCCC)C(=O)CCC. The summed E-state index contributed by atoms with van der Waals surface area (Å²) in [6.45, 7) is 4.19. The third-order valence-electron chi connectivity index (χ3n) is 1.60. The zero-order valence-corrected chi connectivity index (χ0v) is 8.49. The average molecular weight is 175 g/mol. The van der Waals surface area contributed by atoms with Crippen LogP contribution in [0.2, 0.25) is 0 Å². The molecule has 0 heterocycles. The molecule has 0 saturated heterocycles. The molecule has 2 heteroatoms. The van der Waals surface area contributed by atoms with Crippen molar-refractivity contribution in [2.24, 2.45) is 0 Å². The molecule has 0 spiro atoms. The summed E-state index contributed by atoms with van der Waals surface area (Å²) in [7, 11) is -0.542. The van der Waals surface area contributed by atoms with Crippen LogP contribution in [-0.2, 0) is 4.79 Å². The van der Waals surface area contributed by atoms with Gasteiger partial charge in [-0.3, -0.25) is 4.79 Å². The minimum atomic E-state index is -0.542. The van der Waals surface area contributed by atoms with Crippen molar-refractivity contribution in [1.82, 2.24) is 0 Å². The molecule has 11 heavy (non-hydrogen) atoms. The summed E-state index contributed by atoms with van der Waals surface area (Å²) in [4.78, 5) is 11.2. The van der Waals surface area contributed by atoms with E-state index in [9.17, 15) is 4.79 Å². The van der Waals surface area contributed by atoms with Crippen LogP contribution >= 0.6 is 10.9 Å². The van der Waals surface area contributed by atoms with Crippen LogP contribution in [0, 0.1) is 6.26 Å². The highest BCUT2D eigenvalue weighted by Crippen LogP contribution is 2.27. The van der Waals surface area contributed by atoms with Crippen LogP contribution in [-0.4, -0.2) is 10.9 Å². The largest absolute Gasteiger partial charge is 0.289 e. The molecule has 0 aromatic rings. The maximum atomic E-state index is 11.2. The van der Waals surface area contributed by atoms with Gasteiger partial charge in [-0.2, -0.15) is 10.9 Å². The summed E-state index contributed by atoms with van der Waals surface area (Å²) in [5.41, 5.74) is 0. The van der Waals surface area contributed by atoms with E-state index in [0.717, 1.165) is 25.0 Å². The normalized spacial score (nSPS) is 14.6. The first-order chi connectivity index (χ1) is 5.22. The maximum absolute atomic E-state index is 11.2. The molecular weight excluding hydrogens is 156 g/mol. The van der Waals surface area contributed by atoms with Crippen molar-refractivity contribution in [2.75, 3.05) is 5.75 Å². The van der Waals surface area contributed by atoms with Crippen LogP contribution in [0.1, 0.15) is 39.5 Å². The topological polar surface area (TPSA) is 17.1 Å². The van der Waals surface area contributed by atoms with Gasteiger partial charge < -0.3 is 0 Å². The summed E-state index contributed by atoms with van der Waals surface area (Å²) in [6.07, 6.45) is 7.95. The smallest absolute Gasteiger partial charge is 0.169 e. The predicted octanol–water partition coefficient (Wildman–Crippen LogP) is 2.91. The summed E-state index contributed by atoms with van der Waals surface area (Å²) in [5.74, 6) is 1.03. The molecule has 1 unspecified atom stereocenters. The highest BCUT2D eigenvalue weighted by atomic mass is 32.2. The Bertz CT molecular complexity index is 112. The Kier molecular flexibility index (Phi) is 6.73. The van der Waals surface area contributed by atoms with Gasteiger partial charge in [0.1, 0.15) is 0 Å². The van der Waals surface area contributed by atoms with Crippen molar-refractivity contribution < 1.29 is 4.79 Å².